The molecule has 0 bridgehead atoms. The lowest BCUT2D eigenvalue weighted by Gasteiger charge is -2.34. The van der Waals surface area contributed by atoms with Gasteiger partial charge in [0.1, 0.15) is 11.6 Å². The molecule has 1 amide bonds. The van der Waals surface area contributed by atoms with Crippen LogP contribution in [0.3, 0.4) is 0 Å². The highest BCUT2D eigenvalue weighted by Gasteiger charge is 2.23. The summed E-state index contributed by atoms with van der Waals surface area (Å²) in [5, 5.41) is 12.6. The predicted molar refractivity (Wildman–Crippen MR) is 93.2 cm³/mol. The Morgan fingerprint density at radius 2 is 2.08 bits per heavy atom. The van der Waals surface area contributed by atoms with Crippen molar-refractivity contribution >= 4 is 11.6 Å². The molecule has 1 aromatic carbocycles. The third-order valence-electron chi connectivity index (χ3n) is 4.71. The van der Waals surface area contributed by atoms with Crippen LogP contribution in [-0.4, -0.2) is 30.2 Å². The van der Waals surface area contributed by atoms with Gasteiger partial charge in [-0.2, -0.15) is 0 Å². The molecule has 6 heteroatoms. The Bertz CT molecular complexity index is 751. The Kier molecular flexibility index (Phi) is 5.08. The number of anilines is 1. The summed E-state index contributed by atoms with van der Waals surface area (Å²) in [5.41, 5.74) is 2.10. The van der Waals surface area contributed by atoms with Crippen molar-refractivity contribution < 1.29 is 18.7 Å². The molecule has 1 aliphatic rings. The lowest BCUT2D eigenvalue weighted by molar-refractivity contribution is 0.0938. The summed E-state index contributed by atoms with van der Waals surface area (Å²) < 4.78 is 19.0. The summed E-state index contributed by atoms with van der Waals surface area (Å²) in [7, 11) is 0. The largest absolute Gasteiger partial charge is 0.469 e. The first-order chi connectivity index (χ1) is 12.0. The first-order valence-corrected chi connectivity index (χ1v) is 8.53. The maximum Gasteiger partial charge on any atom is 0.255 e. The van der Waals surface area contributed by atoms with Crippen LogP contribution in [0.5, 0.6) is 0 Å². The number of piperidine rings is 1. The van der Waals surface area contributed by atoms with E-state index in [1.807, 2.05) is 6.92 Å². The number of hydrogen-bond donors (Lipinski definition) is 2. The second-order valence-electron chi connectivity index (χ2n) is 6.51. The van der Waals surface area contributed by atoms with Crippen LogP contribution < -0.4 is 10.2 Å². The molecule has 0 aliphatic carbocycles. The van der Waals surface area contributed by atoms with Gasteiger partial charge in [-0.3, -0.25) is 4.79 Å². The molecule has 1 unspecified atom stereocenters. The number of aliphatic hydroxyl groups excluding tert-OH is 1. The number of rotatable bonds is 4. The summed E-state index contributed by atoms with van der Waals surface area (Å²) in [6.45, 7) is 4.99. The standard InChI is InChI=1S/C19H23FN2O3/c1-12(21-19(24)16-7-10-25-13(16)2)17-11-14(20)3-4-18(17)22-8-5-15(23)6-9-22/h3-4,7,10-12,15,23H,5-6,8-9H2,1-2H3,(H,21,24). The molecule has 1 aliphatic heterocycles. The van der Waals surface area contributed by atoms with E-state index in [1.165, 1.54) is 18.4 Å². The van der Waals surface area contributed by atoms with Gasteiger partial charge in [0.05, 0.1) is 24.0 Å². The number of furan rings is 1. The number of halogens is 1. The van der Waals surface area contributed by atoms with Gasteiger partial charge in [-0.15, -0.1) is 0 Å². The summed E-state index contributed by atoms with van der Waals surface area (Å²) in [6, 6.07) is 5.90. The number of hydrogen-bond acceptors (Lipinski definition) is 4. The second kappa shape index (κ2) is 7.27. The van der Waals surface area contributed by atoms with Crippen LogP contribution in [0, 0.1) is 12.7 Å². The monoisotopic (exact) mass is 346 g/mol. The number of carbonyl (C=O) groups is 1. The number of nitrogens with one attached hydrogen (secondary N) is 1. The molecule has 1 aromatic heterocycles. The summed E-state index contributed by atoms with van der Waals surface area (Å²) >= 11 is 0. The smallest absolute Gasteiger partial charge is 0.255 e. The number of aliphatic hydroxyl groups is 1. The van der Waals surface area contributed by atoms with Gasteiger partial charge in [0, 0.05) is 24.3 Å². The summed E-state index contributed by atoms with van der Waals surface area (Å²) in [4.78, 5) is 14.5. The van der Waals surface area contributed by atoms with Gasteiger partial charge < -0.3 is 19.7 Å². The number of carbonyl (C=O) groups excluding carboxylic acids is 1. The Morgan fingerprint density at radius 3 is 2.72 bits per heavy atom. The van der Waals surface area contributed by atoms with E-state index >= 15 is 0 Å². The van der Waals surface area contributed by atoms with Crippen LogP contribution in [0.1, 0.15) is 47.5 Å². The molecule has 1 atom stereocenters. The van der Waals surface area contributed by atoms with Crippen molar-refractivity contribution in [1.29, 1.82) is 0 Å². The highest BCUT2D eigenvalue weighted by atomic mass is 19.1. The van der Waals surface area contributed by atoms with Crippen molar-refractivity contribution in [3.05, 3.63) is 53.2 Å². The number of amides is 1. The minimum Gasteiger partial charge on any atom is -0.469 e. The van der Waals surface area contributed by atoms with E-state index in [-0.39, 0.29) is 23.9 Å². The van der Waals surface area contributed by atoms with Gasteiger partial charge in [-0.1, -0.05) is 0 Å². The number of aryl methyl sites for hydroxylation is 1. The topological polar surface area (TPSA) is 65.7 Å². The van der Waals surface area contributed by atoms with Gasteiger partial charge in [0.25, 0.3) is 5.91 Å². The summed E-state index contributed by atoms with van der Waals surface area (Å²) in [6.07, 6.45) is 2.57. The molecule has 1 fully saturated rings. The lowest BCUT2D eigenvalue weighted by Crippen LogP contribution is -2.37. The van der Waals surface area contributed by atoms with Gasteiger partial charge in [-0.25, -0.2) is 4.39 Å². The zero-order valence-corrected chi connectivity index (χ0v) is 14.5. The van der Waals surface area contributed by atoms with Gasteiger partial charge >= 0.3 is 0 Å². The van der Waals surface area contributed by atoms with Crippen molar-refractivity contribution in [2.45, 2.75) is 38.8 Å². The minimum atomic E-state index is -0.362. The third-order valence-corrected chi connectivity index (χ3v) is 4.71. The van der Waals surface area contributed by atoms with Crippen molar-refractivity contribution in [3.8, 4) is 0 Å². The van der Waals surface area contributed by atoms with E-state index in [0.717, 1.165) is 11.3 Å². The molecule has 134 valence electrons. The molecule has 2 aromatic rings. The van der Waals surface area contributed by atoms with Crippen molar-refractivity contribution in [2.24, 2.45) is 0 Å². The van der Waals surface area contributed by atoms with Crippen LogP contribution in [0.25, 0.3) is 0 Å². The Hall–Kier alpha value is -2.34. The lowest BCUT2D eigenvalue weighted by atomic mass is 10.0. The molecule has 2 heterocycles. The van der Waals surface area contributed by atoms with Crippen LogP contribution in [0.2, 0.25) is 0 Å². The van der Waals surface area contributed by atoms with Gasteiger partial charge in [0.2, 0.25) is 0 Å². The van der Waals surface area contributed by atoms with E-state index < -0.39 is 0 Å². The third kappa shape index (κ3) is 3.85. The molecule has 0 spiro atoms. The SMILES string of the molecule is Cc1occc1C(=O)NC(C)c1cc(F)ccc1N1CCC(O)CC1. The van der Waals surface area contributed by atoms with Crippen LogP contribution in [0.15, 0.2) is 34.9 Å². The first-order valence-electron chi connectivity index (χ1n) is 8.53. The number of benzene rings is 1. The molecule has 2 N–H and O–H groups in total. The molecule has 0 saturated carbocycles. The second-order valence-corrected chi connectivity index (χ2v) is 6.51. The zero-order chi connectivity index (χ0) is 18.0. The van der Waals surface area contributed by atoms with E-state index in [2.05, 4.69) is 10.2 Å². The Balaban J connectivity index is 1.81. The van der Waals surface area contributed by atoms with Gasteiger partial charge in [0.15, 0.2) is 0 Å². The van der Waals surface area contributed by atoms with Crippen molar-refractivity contribution in [2.75, 3.05) is 18.0 Å². The normalized spacial score (nSPS) is 16.7. The van der Waals surface area contributed by atoms with Gasteiger partial charge in [-0.05, 0) is 51.0 Å². The highest BCUT2D eigenvalue weighted by molar-refractivity contribution is 5.95. The molecular weight excluding hydrogens is 323 g/mol. The van der Waals surface area contributed by atoms with E-state index in [4.69, 9.17) is 4.42 Å². The van der Waals surface area contributed by atoms with E-state index in [0.29, 0.717) is 37.3 Å². The molecule has 1 saturated heterocycles. The fourth-order valence-electron chi connectivity index (χ4n) is 3.24. The molecule has 5 nitrogen and oxygen atoms in total. The van der Waals surface area contributed by atoms with Crippen LogP contribution in [-0.2, 0) is 0 Å². The number of nitrogens with zero attached hydrogens (tertiary/aromatic N) is 1. The first kappa shape index (κ1) is 17.5. The fourth-order valence-corrected chi connectivity index (χ4v) is 3.24. The Morgan fingerprint density at radius 1 is 1.36 bits per heavy atom. The molecule has 0 radical (unpaired) electrons. The van der Waals surface area contributed by atoms with Crippen molar-refractivity contribution in [1.82, 2.24) is 5.32 Å². The Labute approximate surface area is 146 Å². The van der Waals surface area contributed by atoms with E-state index in [1.54, 1.807) is 19.1 Å². The van der Waals surface area contributed by atoms with E-state index in [9.17, 15) is 14.3 Å². The highest BCUT2D eigenvalue weighted by Crippen LogP contribution is 2.30. The summed E-state index contributed by atoms with van der Waals surface area (Å²) in [5.74, 6) is -0.0337. The quantitative estimate of drug-likeness (QED) is 0.892. The predicted octanol–water partition coefficient (Wildman–Crippen LogP) is 3.18. The fraction of sp³-hybridized carbons (Fsp3) is 0.421. The molecular formula is C19H23FN2O3. The maximum atomic E-state index is 13.8. The maximum absolute atomic E-state index is 13.8. The zero-order valence-electron chi connectivity index (χ0n) is 14.5. The average molecular weight is 346 g/mol. The van der Waals surface area contributed by atoms with Crippen LogP contribution in [0.4, 0.5) is 10.1 Å². The van der Waals surface area contributed by atoms with Crippen LogP contribution >= 0.6 is 0 Å². The molecule has 3 rings (SSSR count). The minimum absolute atomic E-state index is 0.247. The average Bonchev–Trinajstić information content (AvgIpc) is 3.02. The van der Waals surface area contributed by atoms with Crippen molar-refractivity contribution in [3.63, 3.8) is 0 Å². The molecule has 25 heavy (non-hydrogen) atoms.